The highest BCUT2D eigenvalue weighted by molar-refractivity contribution is 5.94. The van der Waals surface area contributed by atoms with E-state index in [4.69, 9.17) is 4.52 Å². The van der Waals surface area contributed by atoms with Crippen molar-refractivity contribution in [3.63, 3.8) is 0 Å². The summed E-state index contributed by atoms with van der Waals surface area (Å²) in [6.07, 6.45) is 5.02. The third kappa shape index (κ3) is 4.01. The van der Waals surface area contributed by atoms with Crippen LogP contribution < -0.4 is 0 Å². The van der Waals surface area contributed by atoms with Crippen molar-refractivity contribution in [1.82, 2.24) is 29.9 Å². The van der Waals surface area contributed by atoms with Gasteiger partial charge in [0.25, 0.3) is 5.91 Å². The number of aryl methyl sites for hydroxylation is 1. The third-order valence-corrected chi connectivity index (χ3v) is 4.62. The van der Waals surface area contributed by atoms with Gasteiger partial charge in [-0.2, -0.15) is 4.98 Å². The minimum absolute atomic E-state index is 0.0564. The van der Waals surface area contributed by atoms with Gasteiger partial charge in [-0.05, 0) is 17.7 Å². The predicted octanol–water partition coefficient (Wildman–Crippen LogP) is 1.79. The Morgan fingerprint density at radius 2 is 1.74 bits per heavy atom. The van der Waals surface area contributed by atoms with Gasteiger partial charge in [-0.3, -0.25) is 9.69 Å². The molecule has 0 saturated carbocycles. The van der Waals surface area contributed by atoms with Crippen molar-refractivity contribution in [2.24, 2.45) is 0 Å². The monoisotopic (exact) mass is 364 g/mol. The second-order valence-electron chi connectivity index (χ2n) is 6.50. The highest BCUT2D eigenvalue weighted by Crippen LogP contribution is 2.19. The van der Waals surface area contributed by atoms with E-state index >= 15 is 0 Å². The average molecular weight is 364 g/mol. The zero-order chi connectivity index (χ0) is 18.6. The average Bonchev–Trinajstić information content (AvgIpc) is 3.13. The number of amides is 1. The van der Waals surface area contributed by atoms with E-state index in [1.165, 1.54) is 6.33 Å². The number of piperazine rings is 1. The second kappa shape index (κ2) is 7.63. The number of hydrogen-bond acceptors (Lipinski definition) is 7. The van der Waals surface area contributed by atoms with Crippen molar-refractivity contribution in [3.8, 4) is 11.1 Å². The van der Waals surface area contributed by atoms with Gasteiger partial charge in [0.15, 0.2) is 5.82 Å². The van der Waals surface area contributed by atoms with Crippen molar-refractivity contribution in [2.75, 3.05) is 26.2 Å². The van der Waals surface area contributed by atoms with E-state index in [2.05, 4.69) is 25.0 Å². The predicted molar refractivity (Wildman–Crippen MR) is 97.7 cm³/mol. The molecule has 0 spiro atoms. The van der Waals surface area contributed by atoms with Crippen molar-refractivity contribution in [1.29, 1.82) is 0 Å². The maximum Gasteiger partial charge on any atom is 0.253 e. The van der Waals surface area contributed by atoms with E-state index in [0.29, 0.717) is 36.9 Å². The van der Waals surface area contributed by atoms with E-state index in [9.17, 15) is 4.79 Å². The van der Waals surface area contributed by atoms with Crippen LogP contribution in [0.25, 0.3) is 11.1 Å². The lowest BCUT2D eigenvalue weighted by Crippen LogP contribution is -2.48. The fourth-order valence-corrected chi connectivity index (χ4v) is 3.15. The number of nitrogens with zero attached hydrogens (tertiary/aromatic N) is 6. The number of hydrogen-bond donors (Lipinski definition) is 0. The lowest BCUT2D eigenvalue weighted by atomic mass is 10.1. The van der Waals surface area contributed by atoms with Gasteiger partial charge >= 0.3 is 0 Å². The molecule has 0 atom stereocenters. The molecule has 4 rings (SSSR count). The van der Waals surface area contributed by atoms with Gasteiger partial charge in [0, 0.05) is 56.6 Å². The first-order valence-electron chi connectivity index (χ1n) is 8.85. The normalized spacial score (nSPS) is 15.1. The number of aromatic nitrogens is 4. The highest BCUT2D eigenvalue weighted by atomic mass is 16.5. The molecular formula is C19H20N6O2. The molecule has 1 amide bonds. The Labute approximate surface area is 156 Å². The van der Waals surface area contributed by atoms with E-state index in [1.807, 2.05) is 29.2 Å². The van der Waals surface area contributed by atoms with E-state index in [-0.39, 0.29) is 5.91 Å². The molecule has 0 unspecified atom stereocenters. The molecule has 3 aromatic rings. The number of rotatable bonds is 4. The van der Waals surface area contributed by atoms with Gasteiger partial charge in [-0.1, -0.05) is 17.3 Å². The Balaban J connectivity index is 1.35. The van der Waals surface area contributed by atoms with Crippen molar-refractivity contribution in [3.05, 3.63) is 60.3 Å². The Bertz CT molecular complexity index is 901. The van der Waals surface area contributed by atoms with Gasteiger partial charge in [-0.25, -0.2) is 9.97 Å². The molecule has 1 aromatic carbocycles. The summed E-state index contributed by atoms with van der Waals surface area (Å²) < 4.78 is 5.00. The third-order valence-electron chi connectivity index (χ3n) is 4.62. The lowest BCUT2D eigenvalue weighted by molar-refractivity contribution is 0.0624. The van der Waals surface area contributed by atoms with Crippen LogP contribution in [0, 0.1) is 6.92 Å². The fraction of sp³-hybridized carbons (Fsp3) is 0.316. The summed E-state index contributed by atoms with van der Waals surface area (Å²) >= 11 is 0. The van der Waals surface area contributed by atoms with Gasteiger partial charge in [0.1, 0.15) is 6.33 Å². The smallest absolute Gasteiger partial charge is 0.253 e. The summed E-state index contributed by atoms with van der Waals surface area (Å²) in [6.45, 7) is 5.38. The van der Waals surface area contributed by atoms with E-state index < -0.39 is 0 Å². The quantitative estimate of drug-likeness (QED) is 0.697. The van der Waals surface area contributed by atoms with Crippen molar-refractivity contribution >= 4 is 5.91 Å². The number of benzene rings is 1. The maximum absolute atomic E-state index is 12.8. The molecule has 27 heavy (non-hydrogen) atoms. The molecular weight excluding hydrogens is 344 g/mol. The molecule has 138 valence electrons. The molecule has 1 saturated heterocycles. The summed E-state index contributed by atoms with van der Waals surface area (Å²) in [5.74, 6) is 1.32. The van der Waals surface area contributed by atoms with Crippen LogP contribution in [-0.2, 0) is 6.54 Å². The van der Waals surface area contributed by atoms with Gasteiger partial charge in [0.2, 0.25) is 5.89 Å². The molecule has 0 N–H and O–H groups in total. The molecule has 1 aliphatic heterocycles. The first-order valence-corrected chi connectivity index (χ1v) is 8.85. The van der Waals surface area contributed by atoms with Crippen LogP contribution in [-0.4, -0.2) is 62.0 Å². The number of carbonyl (C=O) groups is 1. The SMILES string of the molecule is Cc1nc(CN2CCN(C(=O)c3ccc(-c4cncnc4)cc3)CC2)no1. The Morgan fingerprint density at radius 3 is 2.37 bits per heavy atom. The molecule has 2 aromatic heterocycles. The molecule has 3 heterocycles. The molecule has 1 aliphatic rings. The zero-order valence-electron chi connectivity index (χ0n) is 15.1. The molecule has 8 nitrogen and oxygen atoms in total. The van der Waals surface area contributed by atoms with Crippen molar-refractivity contribution < 1.29 is 9.32 Å². The molecule has 1 fully saturated rings. The maximum atomic E-state index is 12.8. The Kier molecular flexibility index (Phi) is 4.88. The molecule has 0 aliphatic carbocycles. The molecule has 0 bridgehead atoms. The topological polar surface area (TPSA) is 88.3 Å². The van der Waals surface area contributed by atoms with Crippen LogP contribution in [0.4, 0.5) is 0 Å². The summed E-state index contributed by atoms with van der Waals surface area (Å²) in [5, 5.41) is 3.93. The second-order valence-corrected chi connectivity index (χ2v) is 6.50. The van der Waals surface area contributed by atoms with Gasteiger partial charge < -0.3 is 9.42 Å². The zero-order valence-corrected chi connectivity index (χ0v) is 15.1. The standard InChI is InChI=1S/C19H20N6O2/c1-14-22-18(23-27-14)12-24-6-8-25(9-7-24)19(26)16-4-2-15(3-5-16)17-10-20-13-21-11-17/h2-5,10-11,13H,6-9,12H2,1H3. The summed E-state index contributed by atoms with van der Waals surface area (Å²) in [7, 11) is 0. The van der Waals surface area contributed by atoms with E-state index in [1.54, 1.807) is 19.3 Å². The van der Waals surface area contributed by atoms with Crippen LogP contribution >= 0.6 is 0 Å². The highest BCUT2D eigenvalue weighted by Gasteiger charge is 2.23. The first-order chi connectivity index (χ1) is 13.2. The van der Waals surface area contributed by atoms with Crippen LogP contribution in [0.1, 0.15) is 22.1 Å². The summed E-state index contributed by atoms with van der Waals surface area (Å²) in [5.41, 5.74) is 2.62. The summed E-state index contributed by atoms with van der Waals surface area (Å²) in [6, 6.07) is 7.58. The lowest BCUT2D eigenvalue weighted by Gasteiger charge is -2.34. The molecule has 0 radical (unpaired) electrons. The number of carbonyl (C=O) groups excluding carboxylic acids is 1. The van der Waals surface area contributed by atoms with Crippen LogP contribution in [0.15, 0.2) is 47.5 Å². The largest absolute Gasteiger partial charge is 0.340 e. The van der Waals surface area contributed by atoms with Crippen LogP contribution in [0.2, 0.25) is 0 Å². The van der Waals surface area contributed by atoms with Crippen molar-refractivity contribution in [2.45, 2.75) is 13.5 Å². The first kappa shape index (κ1) is 17.3. The van der Waals surface area contributed by atoms with E-state index in [0.717, 1.165) is 24.2 Å². The van der Waals surface area contributed by atoms with Crippen LogP contribution in [0.3, 0.4) is 0 Å². The Morgan fingerprint density at radius 1 is 1.04 bits per heavy atom. The Hall–Kier alpha value is -3.13. The molecule has 8 heteroatoms. The minimum atomic E-state index is 0.0564. The van der Waals surface area contributed by atoms with Gasteiger partial charge in [-0.15, -0.1) is 0 Å². The van der Waals surface area contributed by atoms with Crippen LogP contribution in [0.5, 0.6) is 0 Å². The fourth-order valence-electron chi connectivity index (χ4n) is 3.15. The van der Waals surface area contributed by atoms with Gasteiger partial charge in [0.05, 0.1) is 6.54 Å². The summed E-state index contributed by atoms with van der Waals surface area (Å²) in [4.78, 5) is 29.2. The minimum Gasteiger partial charge on any atom is -0.340 e.